The summed E-state index contributed by atoms with van der Waals surface area (Å²) in [5, 5.41) is 19.2. The van der Waals surface area contributed by atoms with Crippen LogP contribution in [0.3, 0.4) is 0 Å². The standard InChI is InChI=1S/C24H21F2N5O3S/c1-24(2)10-18-20(19(32)11-24)21(14-7-15(25)9-16(26)8-14)30-22(27-18)28-23(29-30)35-12-13-4-3-5-17(6-13)31(33)34/h3-9,21H,10-12H2,1-2H3,(H,27,28,29). The van der Waals surface area contributed by atoms with E-state index in [1.807, 2.05) is 13.8 Å². The normalized spacial score (nSPS) is 18.6. The smallest absolute Gasteiger partial charge is 0.269 e. The second-order valence-electron chi connectivity index (χ2n) is 9.44. The molecule has 0 spiro atoms. The highest BCUT2D eigenvalue weighted by atomic mass is 32.2. The zero-order valence-corrected chi connectivity index (χ0v) is 19.7. The molecule has 1 atom stereocenters. The highest BCUT2D eigenvalue weighted by molar-refractivity contribution is 7.98. The molecule has 2 heterocycles. The fourth-order valence-corrected chi connectivity index (χ4v) is 5.37. The molecule has 0 saturated carbocycles. The topological polar surface area (TPSA) is 103 Å². The second kappa shape index (κ2) is 8.56. The number of nitro benzene ring substituents is 1. The Morgan fingerprint density at radius 3 is 2.66 bits per heavy atom. The van der Waals surface area contributed by atoms with E-state index in [4.69, 9.17) is 0 Å². The van der Waals surface area contributed by atoms with Crippen molar-refractivity contribution in [2.24, 2.45) is 5.41 Å². The van der Waals surface area contributed by atoms with Crippen molar-refractivity contribution in [3.63, 3.8) is 0 Å². The molecule has 1 unspecified atom stereocenters. The molecule has 1 N–H and O–H groups in total. The van der Waals surface area contributed by atoms with Crippen molar-refractivity contribution in [2.75, 3.05) is 5.32 Å². The molecular formula is C24H21F2N5O3S. The van der Waals surface area contributed by atoms with Gasteiger partial charge in [0.05, 0.1) is 4.92 Å². The molecule has 11 heteroatoms. The van der Waals surface area contributed by atoms with E-state index in [9.17, 15) is 23.7 Å². The van der Waals surface area contributed by atoms with Crippen molar-refractivity contribution in [3.05, 3.63) is 86.6 Å². The quantitative estimate of drug-likeness (QED) is 0.285. The van der Waals surface area contributed by atoms with E-state index >= 15 is 0 Å². The number of non-ortho nitro benzene ring substituents is 1. The van der Waals surface area contributed by atoms with Crippen LogP contribution >= 0.6 is 11.8 Å². The van der Waals surface area contributed by atoms with E-state index in [-0.39, 0.29) is 22.4 Å². The molecule has 3 aromatic rings. The largest absolute Gasteiger partial charge is 0.328 e. The predicted octanol–water partition coefficient (Wildman–Crippen LogP) is 5.41. The van der Waals surface area contributed by atoms with Gasteiger partial charge in [0.15, 0.2) is 5.78 Å². The Kier molecular flexibility index (Phi) is 5.66. The molecule has 180 valence electrons. The Bertz CT molecular complexity index is 1380. The maximum atomic E-state index is 14.2. The number of carbonyl (C=O) groups excluding carboxylic acids is 1. The van der Waals surface area contributed by atoms with Gasteiger partial charge < -0.3 is 5.32 Å². The van der Waals surface area contributed by atoms with Gasteiger partial charge in [-0.1, -0.05) is 37.7 Å². The van der Waals surface area contributed by atoms with Crippen LogP contribution in [0, 0.1) is 27.2 Å². The molecular weight excluding hydrogens is 476 g/mol. The molecule has 2 aliphatic rings. The molecule has 0 saturated heterocycles. The summed E-state index contributed by atoms with van der Waals surface area (Å²) in [6.45, 7) is 3.99. The summed E-state index contributed by atoms with van der Waals surface area (Å²) >= 11 is 1.27. The SMILES string of the molecule is CC1(C)CC(=O)C2=C(C1)Nc1nc(SCc3cccc([N+](=O)[O-])c3)nn1C2c1cc(F)cc(F)c1. The molecule has 0 fully saturated rings. The Labute approximate surface area is 203 Å². The number of ketones is 1. The number of benzene rings is 2. The van der Waals surface area contributed by atoms with E-state index in [1.54, 1.807) is 12.1 Å². The number of hydrogen-bond donors (Lipinski definition) is 1. The summed E-state index contributed by atoms with van der Waals surface area (Å²) < 4.78 is 29.8. The van der Waals surface area contributed by atoms with Gasteiger partial charge in [0.2, 0.25) is 11.1 Å². The van der Waals surface area contributed by atoms with Crippen molar-refractivity contribution in [3.8, 4) is 0 Å². The third-order valence-corrected chi connectivity index (χ3v) is 6.91. The Morgan fingerprint density at radius 1 is 1.20 bits per heavy atom. The first-order valence-electron chi connectivity index (χ1n) is 10.9. The van der Waals surface area contributed by atoms with Crippen LogP contribution in [0.15, 0.2) is 58.9 Å². The molecule has 1 aliphatic carbocycles. The minimum absolute atomic E-state index is 0.00643. The summed E-state index contributed by atoms with van der Waals surface area (Å²) in [5.74, 6) is -0.850. The van der Waals surface area contributed by atoms with Gasteiger partial charge in [0.1, 0.15) is 17.7 Å². The average molecular weight is 498 g/mol. The maximum absolute atomic E-state index is 14.2. The minimum atomic E-state index is -0.824. The monoisotopic (exact) mass is 497 g/mol. The van der Waals surface area contributed by atoms with Crippen LogP contribution in [0.1, 0.15) is 43.9 Å². The molecule has 5 rings (SSSR count). The summed E-state index contributed by atoms with van der Waals surface area (Å²) in [6, 6.07) is 8.66. The van der Waals surface area contributed by atoms with Crippen LogP contribution in [0.2, 0.25) is 0 Å². The van der Waals surface area contributed by atoms with Crippen LogP contribution in [0.5, 0.6) is 0 Å². The average Bonchev–Trinajstić information content (AvgIpc) is 3.17. The van der Waals surface area contributed by atoms with Crippen molar-refractivity contribution in [1.29, 1.82) is 0 Å². The van der Waals surface area contributed by atoms with E-state index in [0.717, 1.165) is 11.6 Å². The lowest BCUT2D eigenvalue weighted by atomic mass is 9.73. The Morgan fingerprint density at radius 2 is 1.94 bits per heavy atom. The van der Waals surface area contributed by atoms with E-state index in [1.165, 1.54) is 40.7 Å². The van der Waals surface area contributed by atoms with E-state index < -0.39 is 22.6 Å². The van der Waals surface area contributed by atoms with Crippen LogP contribution in [0.4, 0.5) is 20.4 Å². The second-order valence-corrected chi connectivity index (χ2v) is 10.4. The number of thioether (sulfide) groups is 1. The van der Waals surface area contributed by atoms with Gasteiger partial charge in [-0.3, -0.25) is 14.9 Å². The number of aromatic nitrogens is 3. The number of fused-ring (bicyclic) bond motifs is 1. The molecule has 1 aliphatic heterocycles. The number of nitrogens with one attached hydrogen (secondary N) is 1. The van der Waals surface area contributed by atoms with Gasteiger partial charge in [0, 0.05) is 41.6 Å². The predicted molar refractivity (Wildman–Crippen MR) is 126 cm³/mol. The number of halogens is 2. The Hall–Kier alpha value is -3.60. The fourth-order valence-electron chi connectivity index (χ4n) is 4.60. The molecule has 2 aromatic carbocycles. The summed E-state index contributed by atoms with van der Waals surface area (Å²) in [5.41, 5.74) is 1.82. The summed E-state index contributed by atoms with van der Waals surface area (Å²) in [6.07, 6.45) is 0.881. The van der Waals surface area contributed by atoms with Gasteiger partial charge in [-0.15, -0.1) is 5.10 Å². The fraction of sp³-hybridized carbons (Fsp3) is 0.292. The summed E-state index contributed by atoms with van der Waals surface area (Å²) in [7, 11) is 0. The first-order valence-corrected chi connectivity index (χ1v) is 11.9. The zero-order valence-electron chi connectivity index (χ0n) is 18.9. The Balaban J connectivity index is 1.52. The molecule has 8 nitrogen and oxygen atoms in total. The van der Waals surface area contributed by atoms with Crippen molar-refractivity contribution >= 4 is 29.2 Å². The number of anilines is 1. The van der Waals surface area contributed by atoms with Crippen molar-refractivity contribution in [2.45, 2.75) is 43.6 Å². The van der Waals surface area contributed by atoms with E-state index in [2.05, 4.69) is 15.4 Å². The number of nitro groups is 1. The van der Waals surface area contributed by atoms with Crippen LogP contribution in [0.25, 0.3) is 0 Å². The summed E-state index contributed by atoms with van der Waals surface area (Å²) in [4.78, 5) is 28.3. The molecule has 0 radical (unpaired) electrons. The lowest BCUT2D eigenvalue weighted by Gasteiger charge is -2.38. The number of Topliss-reactive ketones (excluding diaryl/α,β-unsaturated/α-hetero) is 1. The number of hydrogen-bond acceptors (Lipinski definition) is 7. The number of carbonyl (C=O) groups is 1. The van der Waals surface area contributed by atoms with Crippen molar-refractivity contribution < 1.29 is 18.5 Å². The number of nitrogens with zero attached hydrogens (tertiary/aromatic N) is 4. The lowest BCUT2D eigenvalue weighted by molar-refractivity contribution is -0.384. The molecule has 1 aromatic heterocycles. The number of rotatable bonds is 5. The lowest BCUT2D eigenvalue weighted by Crippen LogP contribution is -2.36. The van der Waals surface area contributed by atoms with Crippen LogP contribution in [-0.4, -0.2) is 25.5 Å². The van der Waals surface area contributed by atoms with Crippen LogP contribution in [-0.2, 0) is 10.5 Å². The van der Waals surface area contributed by atoms with Gasteiger partial charge >= 0.3 is 0 Å². The first-order chi connectivity index (χ1) is 16.6. The van der Waals surface area contributed by atoms with Crippen molar-refractivity contribution in [1.82, 2.24) is 14.8 Å². The third-order valence-electron chi connectivity index (χ3n) is 6.00. The maximum Gasteiger partial charge on any atom is 0.269 e. The minimum Gasteiger partial charge on any atom is -0.328 e. The molecule has 0 bridgehead atoms. The molecule has 0 amide bonds. The highest BCUT2D eigenvalue weighted by Gasteiger charge is 2.42. The van der Waals surface area contributed by atoms with Crippen LogP contribution < -0.4 is 5.32 Å². The van der Waals surface area contributed by atoms with Gasteiger partial charge in [-0.2, -0.15) is 4.98 Å². The first kappa shape index (κ1) is 23.2. The number of allylic oxidation sites excluding steroid dienone is 2. The van der Waals surface area contributed by atoms with Gasteiger partial charge in [-0.25, -0.2) is 13.5 Å². The van der Waals surface area contributed by atoms with Gasteiger partial charge in [0.25, 0.3) is 5.69 Å². The zero-order chi connectivity index (χ0) is 24.9. The highest BCUT2D eigenvalue weighted by Crippen LogP contribution is 2.46. The van der Waals surface area contributed by atoms with E-state index in [0.29, 0.717) is 41.0 Å². The molecule has 35 heavy (non-hydrogen) atoms. The third kappa shape index (κ3) is 4.55. The van der Waals surface area contributed by atoms with Gasteiger partial charge in [-0.05, 0) is 35.1 Å².